The monoisotopic (exact) mass is 176 g/mol. The van der Waals surface area contributed by atoms with E-state index >= 15 is 0 Å². The molecule has 0 aromatic carbocycles. The standard InChI is InChI=1S/C9H8N2O2/c1-2-6-9(12)11-8-7(13-6)4-3-5-10-8/h2-5H,1H3,(H,10,11,12)/b6-2+. The van der Waals surface area contributed by atoms with Gasteiger partial charge in [-0.2, -0.15) is 0 Å². The average molecular weight is 176 g/mol. The number of rotatable bonds is 0. The molecule has 66 valence electrons. The summed E-state index contributed by atoms with van der Waals surface area (Å²) in [5, 5.41) is 2.62. The number of nitrogens with one attached hydrogen (secondary N) is 1. The Bertz CT molecular complexity index is 385. The van der Waals surface area contributed by atoms with E-state index in [2.05, 4.69) is 10.3 Å². The van der Waals surface area contributed by atoms with Crippen LogP contribution in [0.2, 0.25) is 0 Å². The van der Waals surface area contributed by atoms with Crippen LogP contribution in [0.25, 0.3) is 0 Å². The van der Waals surface area contributed by atoms with Crippen LogP contribution in [0.15, 0.2) is 30.2 Å². The van der Waals surface area contributed by atoms with Gasteiger partial charge in [0.2, 0.25) is 0 Å². The minimum absolute atomic E-state index is 0.256. The predicted molar refractivity (Wildman–Crippen MR) is 47.3 cm³/mol. The van der Waals surface area contributed by atoms with Crippen molar-refractivity contribution < 1.29 is 9.53 Å². The third-order valence-electron chi connectivity index (χ3n) is 1.71. The molecule has 0 saturated carbocycles. The smallest absolute Gasteiger partial charge is 0.292 e. The molecular weight excluding hydrogens is 168 g/mol. The molecule has 0 spiro atoms. The predicted octanol–water partition coefficient (Wildman–Crippen LogP) is 1.32. The molecule has 4 nitrogen and oxygen atoms in total. The number of aromatic nitrogens is 1. The zero-order chi connectivity index (χ0) is 9.26. The van der Waals surface area contributed by atoms with E-state index in [0.29, 0.717) is 17.3 Å². The van der Waals surface area contributed by atoms with E-state index < -0.39 is 0 Å². The molecule has 1 aliphatic rings. The van der Waals surface area contributed by atoms with Gasteiger partial charge in [0.15, 0.2) is 17.3 Å². The molecule has 0 unspecified atom stereocenters. The third kappa shape index (κ3) is 1.26. The molecule has 2 rings (SSSR count). The number of anilines is 1. The number of fused-ring (bicyclic) bond motifs is 1. The van der Waals surface area contributed by atoms with Gasteiger partial charge >= 0.3 is 0 Å². The van der Waals surface area contributed by atoms with Crippen LogP contribution in [-0.2, 0) is 4.79 Å². The second kappa shape index (κ2) is 2.90. The lowest BCUT2D eigenvalue weighted by Crippen LogP contribution is -2.24. The second-order valence-electron chi connectivity index (χ2n) is 2.56. The molecule has 1 aromatic heterocycles. The highest BCUT2D eigenvalue weighted by Gasteiger charge is 2.21. The molecule has 2 heterocycles. The quantitative estimate of drug-likeness (QED) is 0.606. The Morgan fingerprint density at radius 1 is 1.62 bits per heavy atom. The van der Waals surface area contributed by atoms with E-state index in [9.17, 15) is 4.79 Å². The summed E-state index contributed by atoms with van der Waals surface area (Å²) in [5.74, 6) is 1.10. The van der Waals surface area contributed by atoms with E-state index in [0.717, 1.165) is 0 Å². The van der Waals surface area contributed by atoms with Crippen molar-refractivity contribution in [1.82, 2.24) is 4.98 Å². The number of allylic oxidation sites excluding steroid dienone is 1. The number of hydrogen-bond donors (Lipinski definition) is 1. The Kier molecular flexibility index (Phi) is 1.73. The van der Waals surface area contributed by atoms with Gasteiger partial charge in [-0.15, -0.1) is 0 Å². The maximum Gasteiger partial charge on any atom is 0.292 e. The van der Waals surface area contributed by atoms with E-state index in [1.54, 1.807) is 31.3 Å². The Hall–Kier alpha value is -1.84. The minimum Gasteiger partial charge on any atom is -0.448 e. The fourth-order valence-corrected chi connectivity index (χ4v) is 1.09. The van der Waals surface area contributed by atoms with Crippen molar-refractivity contribution in [2.75, 3.05) is 5.32 Å². The van der Waals surface area contributed by atoms with Crippen LogP contribution >= 0.6 is 0 Å². The first-order chi connectivity index (χ1) is 6.31. The summed E-state index contributed by atoms with van der Waals surface area (Å²) in [6.45, 7) is 1.75. The summed E-state index contributed by atoms with van der Waals surface area (Å²) < 4.78 is 5.28. The molecule has 1 aromatic rings. The molecule has 0 aliphatic carbocycles. The number of pyridine rings is 1. The van der Waals surface area contributed by atoms with E-state index in [1.165, 1.54) is 0 Å². The number of ether oxygens (including phenoxy) is 1. The van der Waals surface area contributed by atoms with Crippen LogP contribution in [0.5, 0.6) is 5.75 Å². The van der Waals surface area contributed by atoms with Gasteiger partial charge in [0.25, 0.3) is 5.91 Å². The van der Waals surface area contributed by atoms with E-state index in [-0.39, 0.29) is 5.91 Å². The normalized spacial score (nSPS) is 17.6. The van der Waals surface area contributed by atoms with Gasteiger partial charge in [0, 0.05) is 6.20 Å². The highest BCUT2D eigenvalue weighted by molar-refractivity contribution is 6.04. The van der Waals surface area contributed by atoms with E-state index in [1.807, 2.05) is 0 Å². The molecular formula is C9H8N2O2. The van der Waals surface area contributed by atoms with Gasteiger partial charge in [-0.25, -0.2) is 4.98 Å². The fraction of sp³-hybridized carbons (Fsp3) is 0.111. The maximum absolute atomic E-state index is 11.2. The van der Waals surface area contributed by atoms with Gasteiger partial charge in [-0.05, 0) is 25.1 Å². The maximum atomic E-state index is 11.2. The first kappa shape index (κ1) is 7.79. The summed E-state index contributed by atoms with van der Waals surface area (Å²) in [7, 11) is 0. The molecule has 0 fully saturated rings. The van der Waals surface area contributed by atoms with Crippen LogP contribution in [-0.4, -0.2) is 10.9 Å². The first-order valence-electron chi connectivity index (χ1n) is 3.92. The van der Waals surface area contributed by atoms with Crippen molar-refractivity contribution >= 4 is 11.7 Å². The third-order valence-corrected chi connectivity index (χ3v) is 1.71. The first-order valence-corrected chi connectivity index (χ1v) is 3.92. The summed E-state index contributed by atoms with van der Waals surface area (Å²) in [4.78, 5) is 15.2. The van der Waals surface area contributed by atoms with E-state index in [4.69, 9.17) is 4.74 Å². The SMILES string of the molecule is C/C=C1/Oc2cccnc2NC1=O. The summed E-state index contributed by atoms with van der Waals surface area (Å²) in [6, 6.07) is 3.51. The topological polar surface area (TPSA) is 51.2 Å². The molecule has 0 bridgehead atoms. The average Bonchev–Trinajstić information content (AvgIpc) is 2.17. The Labute approximate surface area is 75.2 Å². The number of nitrogens with zero attached hydrogens (tertiary/aromatic N) is 1. The van der Waals surface area contributed by atoms with Crippen molar-refractivity contribution in [3.8, 4) is 5.75 Å². The van der Waals surface area contributed by atoms with Gasteiger partial charge in [-0.1, -0.05) is 0 Å². The number of carbonyl (C=O) groups is 1. The van der Waals surface area contributed by atoms with Crippen molar-refractivity contribution in [1.29, 1.82) is 0 Å². The molecule has 13 heavy (non-hydrogen) atoms. The summed E-state index contributed by atoms with van der Waals surface area (Å²) >= 11 is 0. The van der Waals surface area contributed by atoms with Crippen LogP contribution in [0.4, 0.5) is 5.82 Å². The Balaban J connectivity index is 2.44. The van der Waals surface area contributed by atoms with Crippen molar-refractivity contribution in [3.63, 3.8) is 0 Å². The van der Waals surface area contributed by atoms with Gasteiger partial charge < -0.3 is 10.1 Å². The van der Waals surface area contributed by atoms with Gasteiger partial charge in [0.05, 0.1) is 0 Å². The Morgan fingerprint density at radius 2 is 2.46 bits per heavy atom. The highest BCUT2D eigenvalue weighted by Crippen LogP contribution is 2.27. The van der Waals surface area contributed by atoms with Crippen LogP contribution < -0.4 is 10.1 Å². The molecule has 1 amide bonds. The van der Waals surface area contributed by atoms with Crippen molar-refractivity contribution in [3.05, 3.63) is 30.2 Å². The lowest BCUT2D eigenvalue weighted by atomic mass is 10.3. The summed E-state index contributed by atoms with van der Waals surface area (Å²) in [6.07, 6.45) is 3.22. The Morgan fingerprint density at radius 3 is 3.23 bits per heavy atom. The lowest BCUT2D eigenvalue weighted by Gasteiger charge is -2.17. The second-order valence-corrected chi connectivity index (χ2v) is 2.56. The number of amides is 1. The molecule has 1 aliphatic heterocycles. The molecule has 0 radical (unpaired) electrons. The highest BCUT2D eigenvalue weighted by atomic mass is 16.5. The number of hydrogen-bond acceptors (Lipinski definition) is 3. The largest absolute Gasteiger partial charge is 0.448 e. The van der Waals surface area contributed by atoms with Crippen molar-refractivity contribution in [2.24, 2.45) is 0 Å². The lowest BCUT2D eigenvalue weighted by molar-refractivity contribution is -0.115. The fourth-order valence-electron chi connectivity index (χ4n) is 1.09. The zero-order valence-corrected chi connectivity index (χ0v) is 7.07. The van der Waals surface area contributed by atoms with Gasteiger partial charge in [0.1, 0.15) is 0 Å². The zero-order valence-electron chi connectivity index (χ0n) is 7.07. The number of carbonyl (C=O) groups excluding carboxylic acids is 1. The summed E-state index contributed by atoms with van der Waals surface area (Å²) in [5.41, 5.74) is 0. The van der Waals surface area contributed by atoms with Crippen LogP contribution in [0.3, 0.4) is 0 Å². The molecule has 0 atom stereocenters. The van der Waals surface area contributed by atoms with Crippen LogP contribution in [0, 0.1) is 0 Å². The van der Waals surface area contributed by atoms with Crippen LogP contribution in [0.1, 0.15) is 6.92 Å². The molecule has 0 saturated heterocycles. The minimum atomic E-state index is -0.256. The molecule has 4 heteroatoms. The van der Waals surface area contributed by atoms with Crippen molar-refractivity contribution in [2.45, 2.75) is 6.92 Å². The van der Waals surface area contributed by atoms with Gasteiger partial charge in [-0.3, -0.25) is 4.79 Å². The molecule has 1 N–H and O–H groups in total.